The van der Waals surface area contributed by atoms with Gasteiger partial charge in [-0.05, 0) is 49.2 Å². The van der Waals surface area contributed by atoms with E-state index < -0.39 is 0 Å². The van der Waals surface area contributed by atoms with Crippen LogP contribution in [0.4, 0.5) is 0 Å². The van der Waals surface area contributed by atoms with Crippen molar-refractivity contribution in [2.24, 2.45) is 0 Å². The monoisotopic (exact) mass is 445 g/mol. The van der Waals surface area contributed by atoms with Crippen molar-refractivity contribution in [3.05, 3.63) is 70.1 Å². The number of methoxy groups -OCH3 is 1. The molecule has 0 N–H and O–H groups in total. The number of hydrogen-bond donors (Lipinski definition) is 0. The van der Waals surface area contributed by atoms with Gasteiger partial charge in [-0.2, -0.15) is 0 Å². The lowest BCUT2D eigenvalue weighted by Crippen LogP contribution is -2.04. The molecule has 0 aliphatic rings. The molecular weight excluding hydrogens is 422 g/mol. The number of esters is 1. The Morgan fingerprint density at radius 1 is 1.20 bits per heavy atom. The molecule has 3 rings (SSSR count). The van der Waals surface area contributed by atoms with Crippen LogP contribution in [0.5, 0.6) is 5.75 Å². The van der Waals surface area contributed by atoms with Crippen LogP contribution < -0.4 is 4.74 Å². The summed E-state index contributed by atoms with van der Waals surface area (Å²) in [6.07, 6.45) is 0.635. The summed E-state index contributed by atoms with van der Waals surface area (Å²) < 4.78 is 16.4. The van der Waals surface area contributed by atoms with Crippen LogP contribution in [0.3, 0.4) is 0 Å². The first-order chi connectivity index (χ1) is 14.5. The Labute approximate surface area is 185 Å². The second-order valence-corrected chi connectivity index (χ2v) is 8.19. The molecule has 2 aromatic carbocycles. The molecule has 158 valence electrons. The minimum atomic E-state index is -0.220. The van der Waals surface area contributed by atoms with E-state index in [1.54, 1.807) is 0 Å². The van der Waals surface area contributed by atoms with Gasteiger partial charge in [0.1, 0.15) is 11.5 Å². The van der Waals surface area contributed by atoms with Crippen LogP contribution in [0.1, 0.15) is 22.6 Å². The molecule has 0 radical (unpaired) electrons. The standard InChI is InChI=1S/C23H24ClNO4S/c1-15-7-8-18(12-20(15)24)23-25-21(16(2)29-23)9-10-28-19-6-4-5-17(11-19)13-30-14-22(26)27-3/h4-8,11-12H,9-10,13-14H2,1-3H3. The number of halogens is 1. The number of benzene rings is 2. The summed E-state index contributed by atoms with van der Waals surface area (Å²) >= 11 is 7.73. The van der Waals surface area contributed by atoms with Gasteiger partial charge in [-0.15, -0.1) is 11.8 Å². The molecule has 0 aliphatic carbocycles. The highest BCUT2D eigenvalue weighted by Gasteiger charge is 2.12. The molecule has 0 spiro atoms. The smallest absolute Gasteiger partial charge is 0.315 e. The number of aryl methyl sites for hydroxylation is 2. The molecule has 0 aliphatic heterocycles. The highest BCUT2D eigenvalue weighted by molar-refractivity contribution is 7.99. The van der Waals surface area contributed by atoms with Gasteiger partial charge >= 0.3 is 5.97 Å². The van der Waals surface area contributed by atoms with E-state index in [1.807, 2.05) is 56.3 Å². The summed E-state index contributed by atoms with van der Waals surface area (Å²) in [6.45, 7) is 4.35. The molecule has 0 bridgehead atoms. The minimum absolute atomic E-state index is 0.220. The summed E-state index contributed by atoms with van der Waals surface area (Å²) in [5, 5.41) is 0.692. The van der Waals surface area contributed by atoms with Crippen LogP contribution >= 0.6 is 23.4 Å². The van der Waals surface area contributed by atoms with Crippen molar-refractivity contribution in [3.63, 3.8) is 0 Å². The fourth-order valence-electron chi connectivity index (χ4n) is 2.81. The lowest BCUT2D eigenvalue weighted by Gasteiger charge is -2.07. The molecule has 7 heteroatoms. The number of hydrogen-bond acceptors (Lipinski definition) is 6. The average Bonchev–Trinajstić information content (AvgIpc) is 3.11. The lowest BCUT2D eigenvalue weighted by molar-refractivity contribution is -0.137. The fourth-order valence-corrected chi connectivity index (χ4v) is 3.79. The highest BCUT2D eigenvalue weighted by atomic mass is 35.5. The van der Waals surface area contributed by atoms with E-state index in [4.69, 9.17) is 20.8 Å². The number of ether oxygens (including phenoxy) is 2. The fraction of sp³-hybridized carbons (Fsp3) is 0.304. The van der Waals surface area contributed by atoms with E-state index in [-0.39, 0.29) is 5.97 Å². The van der Waals surface area contributed by atoms with Gasteiger partial charge in [0.25, 0.3) is 0 Å². The summed E-state index contributed by atoms with van der Waals surface area (Å²) in [7, 11) is 1.40. The molecule has 0 saturated heterocycles. The molecule has 1 aromatic heterocycles. The van der Waals surface area contributed by atoms with Gasteiger partial charge < -0.3 is 13.9 Å². The van der Waals surface area contributed by atoms with Crippen molar-refractivity contribution < 1.29 is 18.7 Å². The summed E-state index contributed by atoms with van der Waals surface area (Å²) in [5.74, 6) is 2.96. The van der Waals surface area contributed by atoms with Crippen molar-refractivity contribution in [1.29, 1.82) is 0 Å². The molecule has 0 atom stereocenters. The number of aromatic nitrogens is 1. The Morgan fingerprint density at radius 3 is 2.80 bits per heavy atom. The molecular formula is C23H24ClNO4S. The predicted octanol–water partition coefficient (Wildman–Crippen LogP) is 5.64. The molecule has 5 nitrogen and oxygen atoms in total. The number of thioether (sulfide) groups is 1. The number of rotatable bonds is 9. The van der Waals surface area contributed by atoms with Gasteiger partial charge in [-0.1, -0.05) is 29.8 Å². The van der Waals surface area contributed by atoms with Crippen molar-refractivity contribution in [2.45, 2.75) is 26.0 Å². The molecule has 0 saturated carbocycles. The van der Waals surface area contributed by atoms with E-state index in [0.717, 1.165) is 39.6 Å². The van der Waals surface area contributed by atoms with Gasteiger partial charge in [-0.25, -0.2) is 4.98 Å². The predicted molar refractivity (Wildman–Crippen MR) is 120 cm³/mol. The Balaban J connectivity index is 1.55. The van der Waals surface area contributed by atoms with Crippen molar-refractivity contribution in [3.8, 4) is 17.2 Å². The zero-order valence-electron chi connectivity index (χ0n) is 17.2. The minimum Gasteiger partial charge on any atom is -0.493 e. The van der Waals surface area contributed by atoms with Gasteiger partial charge in [0.15, 0.2) is 0 Å². The van der Waals surface area contributed by atoms with E-state index in [0.29, 0.717) is 29.7 Å². The molecule has 0 fully saturated rings. The molecule has 0 amide bonds. The van der Waals surface area contributed by atoms with Crippen LogP contribution in [0, 0.1) is 13.8 Å². The molecule has 30 heavy (non-hydrogen) atoms. The van der Waals surface area contributed by atoms with Crippen LogP contribution in [-0.4, -0.2) is 30.4 Å². The quantitative estimate of drug-likeness (QED) is 0.397. The van der Waals surface area contributed by atoms with Crippen molar-refractivity contribution in [1.82, 2.24) is 4.98 Å². The van der Waals surface area contributed by atoms with Gasteiger partial charge in [0.05, 0.1) is 25.2 Å². The third-order valence-electron chi connectivity index (χ3n) is 4.53. The number of carbonyl (C=O) groups excluding carboxylic acids is 1. The highest BCUT2D eigenvalue weighted by Crippen LogP contribution is 2.27. The van der Waals surface area contributed by atoms with Gasteiger partial charge in [0, 0.05) is 22.8 Å². The van der Waals surface area contributed by atoms with Crippen molar-refractivity contribution >= 4 is 29.3 Å². The SMILES string of the molecule is COC(=O)CSCc1cccc(OCCc2nc(-c3ccc(C)c(Cl)c3)oc2C)c1. The third-order valence-corrected chi connectivity index (χ3v) is 5.92. The first-order valence-corrected chi connectivity index (χ1v) is 11.1. The van der Waals surface area contributed by atoms with Gasteiger partial charge in [0.2, 0.25) is 5.89 Å². The maximum absolute atomic E-state index is 11.2. The summed E-state index contributed by atoms with van der Waals surface area (Å²) in [5.41, 5.74) is 3.84. The van der Waals surface area contributed by atoms with E-state index in [2.05, 4.69) is 9.72 Å². The number of nitrogens with zero attached hydrogens (tertiary/aromatic N) is 1. The summed E-state index contributed by atoms with van der Waals surface area (Å²) in [6, 6.07) is 13.6. The molecule has 1 heterocycles. The van der Waals surface area contributed by atoms with Crippen LogP contribution in [-0.2, 0) is 21.7 Å². The lowest BCUT2D eigenvalue weighted by atomic mass is 10.1. The second kappa shape index (κ2) is 10.5. The Morgan fingerprint density at radius 2 is 2.03 bits per heavy atom. The van der Waals surface area contributed by atoms with Crippen LogP contribution in [0.15, 0.2) is 46.9 Å². The van der Waals surface area contributed by atoms with E-state index in [9.17, 15) is 4.79 Å². The topological polar surface area (TPSA) is 61.6 Å². The second-order valence-electron chi connectivity index (χ2n) is 6.80. The Kier molecular flexibility index (Phi) is 7.82. The summed E-state index contributed by atoms with van der Waals surface area (Å²) in [4.78, 5) is 15.8. The Hall–Kier alpha value is -2.44. The number of oxazole rings is 1. The zero-order valence-corrected chi connectivity index (χ0v) is 18.8. The Bertz CT molecular complexity index is 1020. The van der Waals surface area contributed by atoms with Crippen LogP contribution in [0.25, 0.3) is 11.5 Å². The van der Waals surface area contributed by atoms with Gasteiger partial charge in [-0.3, -0.25) is 4.79 Å². The average molecular weight is 446 g/mol. The van der Waals surface area contributed by atoms with Crippen molar-refractivity contribution in [2.75, 3.05) is 19.5 Å². The largest absolute Gasteiger partial charge is 0.493 e. The third kappa shape index (κ3) is 6.03. The maximum atomic E-state index is 11.2. The first-order valence-electron chi connectivity index (χ1n) is 9.55. The first kappa shape index (κ1) is 22.2. The zero-order chi connectivity index (χ0) is 21.5. The number of carbonyl (C=O) groups is 1. The molecule has 0 unspecified atom stereocenters. The van der Waals surface area contributed by atoms with Crippen LogP contribution in [0.2, 0.25) is 5.02 Å². The normalized spacial score (nSPS) is 10.8. The van der Waals surface area contributed by atoms with E-state index in [1.165, 1.54) is 18.9 Å². The molecule has 3 aromatic rings. The van der Waals surface area contributed by atoms with E-state index >= 15 is 0 Å². The maximum Gasteiger partial charge on any atom is 0.315 e.